The van der Waals surface area contributed by atoms with Gasteiger partial charge >= 0.3 is 0 Å². The first-order chi connectivity index (χ1) is 12.3. The summed E-state index contributed by atoms with van der Waals surface area (Å²) in [6.45, 7) is 0.773. The molecule has 2 aromatic carbocycles. The molecule has 0 aliphatic carbocycles. The highest BCUT2D eigenvalue weighted by molar-refractivity contribution is 5.45. The SMILES string of the molecule is Fc1ccc(Oc2ccnc(NCc3ccc4c(c3)OCO4)n2)cc1. The molecule has 0 radical (unpaired) electrons. The summed E-state index contributed by atoms with van der Waals surface area (Å²) in [5.74, 6) is 2.46. The Morgan fingerprint density at radius 1 is 1.04 bits per heavy atom. The maximum atomic E-state index is 12.9. The van der Waals surface area contributed by atoms with Crippen LogP contribution >= 0.6 is 0 Å². The third-order valence-electron chi connectivity index (χ3n) is 3.55. The summed E-state index contributed by atoms with van der Waals surface area (Å²) < 4.78 is 29.2. The molecule has 4 rings (SSSR count). The van der Waals surface area contributed by atoms with Crippen LogP contribution in [0.15, 0.2) is 54.7 Å². The number of benzene rings is 2. The van der Waals surface area contributed by atoms with E-state index in [0.717, 1.165) is 17.1 Å². The standard InChI is InChI=1S/C18H14FN3O3/c19-13-2-4-14(5-3-13)25-17-7-8-20-18(22-17)21-10-12-1-6-15-16(9-12)24-11-23-15/h1-9H,10-11H2,(H,20,21,22). The van der Waals surface area contributed by atoms with E-state index < -0.39 is 0 Å². The average Bonchev–Trinajstić information content (AvgIpc) is 3.10. The van der Waals surface area contributed by atoms with Crippen LogP contribution < -0.4 is 19.5 Å². The summed E-state index contributed by atoms with van der Waals surface area (Å²) >= 11 is 0. The van der Waals surface area contributed by atoms with Gasteiger partial charge in [0.1, 0.15) is 11.6 Å². The van der Waals surface area contributed by atoms with Crippen molar-refractivity contribution in [3.63, 3.8) is 0 Å². The van der Waals surface area contributed by atoms with Gasteiger partial charge in [0.2, 0.25) is 18.6 Å². The fourth-order valence-corrected chi connectivity index (χ4v) is 2.34. The zero-order chi connectivity index (χ0) is 17.1. The van der Waals surface area contributed by atoms with Crippen molar-refractivity contribution in [2.24, 2.45) is 0 Å². The summed E-state index contributed by atoms with van der Waals surface area (Å²) in [5, 5.41) is 3.13. The summed E-state index contributed by atoms with van der Waals surface area (Å²) in [7, 11) is 0. The number of hydrogen-bond donors (Lipinski definition) is 1. The van der Waals surface area contributed by atoms with Crippen LogP contribution in [-0.2, 0) is 6.54 Å². The van der Waals surface area contributed by atoms with E-state index in [9.17, 15) is 4.39 Å². The smallest absolute Gasteiger partial charge is 0.231 e. The molecule has 0 amide bonds. The van der Waals surface area contributed by atoms with E-state index in [0.29, 0.717) is 24.1 Å². The third kappa shape index (κ3) is 3.60. The van der Waals surface area contributed by atoms with Gasteiger partial charge in [-0.15, -0.1) is 0 Å². The van der Waals surface area contributed by atoms with Gasteiger partial charge in [-0.1, -0.05) is 6.07 Å². The van der Waals surface area contributed by atoms with Crippen LogP contribution in [0.5, 0.6) is 23.1 Å². The normalized spacial score (nSPS) is 12.0. The molecule has 3 aromatic rings. The van der Waals surface area contributed by atoms with Crippen LogP contribution in [0.25, 0.3) is 0 Å². The van der Waals surface area contributed by atoms with E-state index in [1.54, 1.807) is 12.3 Å². The minimum absolute atomic E-state index is 0.248. The monoisotopic (exact) mass is 339 g/mol. The third-order valence-corrected chi connectivity index (χ3v) is 3.55. The van der Waals surface area contributed by atoms with Crippen molar-refractivity contribution in [3.8, 4) is 23.1 Å². The fraction of sp³-hybridized carbons (Fsp3) is 0.111. The Balaban J connectivity index is 1.42. The molecule has 25 heavy (non-hydrogen) atoms. The van der Waals surface area contributed by atoms with Crippen LogP contribution in [0.4, 0.5) is 10.3 Å². The molecule has 0 spiro atoms. The molecule has 0 saturated heterocycles. The molecule has 126 valence electrons. The van der Waals surface area contributed by atoms with E-state index in [1.807, 2.05) is 18.2 Å². The first-order valence-corrected chi connectivity index (χ1v) is 7.65. The molecule has 1 aliphatic rings. The second-order valence-electron chi connectivity index (χ2n) is 5.32. The summed E-state index contributed by atoms with van der Waals surface area (Å²) in [6.07, 6.45) is 1.59. The van der Waals surface area contributed by atoms with Gasteiger partial charge in [-0.2, -0.15) is 4.98 Å². The summed E-state index contributed by atoms with van der Waals surface area (Å²) in [4.78, 5) is 8.45. The highest BCUT2D eigenvalue weighted by atomic mass is 19.1. The lowest BCUT2D eigenvalue weighted by Gasteiger charge is -2.08. The second kappa shape index (κ2) is 6.64. The second-order valence-corrected chi connectivity index (χ2v) is 5.32. The number of fused-ring (bicyclic) bond motifs is 1. The van der Waals surface area contributed by atoms with Crippen LogP contribution in [0.3, 0.4) is 0 Å². The van der Waals surface area contributed by atoms with Crippen molar-refractivity contribution < 1.29 is 18.6 Å². The van der Waals surface area contributed by atoms with E-state index >= 15 is 0 Å². The molecule has 1 aliphatic heterocycles. The maximum absolute atomic E-state index is 12.9. The van der Waals surface area contributed by atoms with Crippen molar-refractivity contribution >= 4 is 5.95 Å². The predicted octanol–water partition coefficient (Wildman–Crippen LogP) is 3.75. The maximum Gasteiger partial charge on any atom is 0.231 e. The molecule has 0 atom stereocenters. The highest BCUT2D eigenvalue weighted by Gasteiger charge is 2.13. The molecule has 0 bridgehead atoms. The van der Waals surface area contributed by atoms with Gasteiger partial charge < -0.3 is 19.5 Å². The Labute approximate surface area is 143 Å². The number of ether oxygens (including phenoxy) is 3. The van der Waals surface area contributed by atoms with E-state index in [1.165, 1.54) is 24.3 Å². The van der Waals surface area contributed by atoms with Gasteiger partial charge in [-0.05, 0) is 42.0 Å². The summed E-state index contributed by atoms with van der Waals surface area (Å²) in [5.41, 5.74) is 1.01. The van der Waals surface area contributed by atoms with Crippen molar-refractivity contribution in [1.29, 1.82) is 0 Å². The average molecular weight is 339 g/mol. The zero-order valence-corrected chi connectivity index (χ0v) is 13.1. The largest absolute Gasteiger partial charge is 0.454 e. The lowest BCUT2D eigenvalue weighted by atomic mass is 10.2. The molecule has 2 heterocycles. The van der Waals surface area contributed by atoms with Crippen molar-refractivity contribution in [2.75, 3.05) is 12.1 Å². The lowest BCUT2D eigenvalue weighted by molar-refractivity contribution is 0.174. The minimum atomic E-state index is -0.318. The van der Waals surface area contributed by atoms with Crippen molar-refractivity contribution in [3.05, 3.63) is 66.1 Å². The van der Waals surface area contributed by atoms with Crippen molar-refractivity contribution in [1.82, 2.24) is 9.97 Å². The molecular weight excluding hydrogens is 325 g/mol. The van der Waals surface area contributed by atoms with E-state index in [2.05, 4.69) is 15.3 Å². The Bertz CT molecular complexity index is 887. The molecule has 0 saturated carbocycles. The first kappa shape index (κ1) is 15.2. The number of aromatic nitrogens is 2. The van der Waals surface area contributed by atoms with Gasteiger partial charge in [0.25, 0.3) is 0 Å². The molecule has 0 unspecified atom stereocenters. The topological polar surface area (TPSA) is 65.5 Å². The number of anilines is 1. The van der Waals surface area contributed by atoms with Crippen molar-refractivity contribution in [2.45, 2.75) is 6.54 Å². The Hall–Kier alpha value is -3.35. The van der Waals surface area contributed by atoms with Gasteiger partial charge in [0.15, 0.2) is 11.5 Å². The van der Waals surface area contributed by atoms with E-state index in [4.69, 9.17) is 14.2 Å². The Morgan fingerprint density at radius 2 is 1.88 bits per heavy atom. The number of rotatable bonds is 5. The van der Waals surface area contributed by atoms with Gasteiger partial charge in [-0.3, -0.25) is 0 Å². The van der Waals surface area contributed by atoms with Crippen LogP contribution in [0.2, 0.25) is 0 Å². The fourth-order valence-electron chi connectivity index (χ4n) is 2.34. The predicted molar refractivity (Wildman–Crippen MR) is 88.4 cm³/mol. The van der Waals surface area contributed by atoms with E-state index in [-0.39, 0.29) is 12.6 Å². The van der Waals surface area contributed by atoms with Crippen LogP contribution in [-0.4, -0.2) is 16.8 Å². The van der Waals surface area contributed by atoms with Gasteiger partial charge in [0.05, 0.1) is 0 Å². The number of nitrogens with zero attached hydrogens (tertiary/aromatic N) is 2. The number of nitrogens with one attached hydrogen (secondary N) is 1. The quantitative estimate of drug-likeness (QED) is 0.764. The summed E-state index contributed by atoms with van der Waals surface area (Å²) in [6, 6.07) is 13.1. The highest BCUT2D eigenvalue weighted by Crippen LogP contribution is 2.32. The van der Waals surface area contributed by atoms with Gasteiger partial charge in [-0.25, -0.2) is 9.37 Å². The number of halogens is 1. The molecular formula is C18H14FN3O3. The Morgan fingerprint density at radius 3 is 2.76 bits per heavy atom. The minimum Gasteiger partial charge on any atom is -0.454 e. The lowest BCUT2D eigenvalue weighted by Crippen LogP contribution is -2.04. The molecule has 6 nitrogen and oxygen atoms in total. The zero-order valence-electron chi connectivity index (χ0n) is 13.1. The number of hydrogen-bond acceptors (Lipinski definition) is 6. The Kier molecular flexibility index (Phi) is 4.04. The van der Waals surface area contributed by atoms with Crippen LogP contribution in [0, 0.1) is 5.82 Å². The molecule has 1 N–H and O–H groups in total. The van der Waals surface area contributed by atoms with Gasteiger partial charge in [0, 0.05) is 18.8 Å². The first-order valence-electron chi connectivity index (χ1n) is 7.65. The van der Waals surface area contributed by atoms with Crippen LogP contribution in [0.1, 0.15) is 5.56 Å². The molecule has 1 aromatic heterocycles. The molecule has 0 fully saturated rings. The molecule has 7 heteroatoms.